The maximum atomic E-state index is 13.3. The topological polar surface area (TPSA) is 26.3 Å². The number of carbonyl (C=O) groups excluding carboxylic acids is 1. The van der Waals surface area contributed by atoms with Crippen LogP contribution in [0.4, 0.5) is 8.78 Å². The molecule has 14 heavy (non-hydrogen) atoms. The first-order chi connectivity index (χ1) is 8.98. The van der Waals surface area contributed by atoms with Crippen molar-refractivity contribution in [2.45, 2.75) is 6.85 Å². The summed E-state index contributed by atoms with van der Waals surface area (Å²) in [6.45, 7) is 0.0787. The standard InChI is InChI=1S/C10H8F2O2/c1-6(2)10(13)14-9-4-7(11)3-8(12)5-9/h3-5H,1H2,2H3/i2D3,3D,4D,5D. The van der Waals surface area contributed by atoms with Crippen LogP contribution >= 0.6 is 0 Å². The molecule has 0 aliphatic carbocycles. The van der Waals surface area contributed by atoms with Gasteiger partial charge in [-0.2, -0.15) is 0 Å². The Labute approximate surface area is 88.2 Å². The van der Waals surface area contributed by atoms with E-state index >= 15 is 0 Å². The van der Waals surface area contributed by atoms with E-state index in [1.54, 1.807) is 0 Å². The number of rotatable bonds is 2. The van der Waals surface area contributed by atoms with Crippen LogP contribution in [0.15, 0.2) is 30.3 Å². The van der Waals surface area contributed by atoms with E-state index < -0.39 is 53.9 Å². The van der Waals surface area contributed by atoms with Crippen molar-refractivity contribution in [3.63, 3.8) is 0 Å². The van der Waals surface area contributed by atoms with E-state index in [9.17, 15) is 13.6 Å². The highest BCUT2D eigenvalue weighted by atomic mass is 19.1. The number of esters is 1. The summed E-state index contributed by atoms with van der Waals surface area (Å²) in [5.74, 6) is -5.89. The fourth-order valence-corrected chi connectivity index (χ4v) is 0.595. The van der Waals surface area contributed by atoms with Gasteiger partial charge < -0.3 is 4.74 Å². The zero-order valence-corrected chi connectivity index (χ0v) is 6.78. The van der Waals surface area contributed by atoms with Gasteiger partial charge in [0.05, 0.1) is 4.11 Å². The molecule has 74 valence electrons. The van der Waals surface area contributed by atoms with Gasteiger partial charge >= 0.3 is 5.97 Å². The molecule has 0 aliphatic heterocycles. The van der Waals surface area contributed by atoms with Gasteiger partial charge in [0.15, 0.2) is 0 Å². The Balaban J connectivity index is 3.24. The molecule has 0 N–H and O–H groups in total. The van der Waals surface area contributed by atoms with Crippen LogP contribution in [0, 0.1) is 11.6 Å². The summed E-state index contributed by atoms with van der Waals surface area (Å²) in [5.41, 5.74) is -0.966. The van der Waals surface area contributed by atoms with Crippen molar-refractivity contribution in [3.8, 4) is 5.75 Å². The summed E-state index contributed by atoms with van der Waals surface area (Å²) < 4.78 is 73.1. The van der Waals surface area contributed by atoms with Gasteiger partial charge in [0, 0.05) is 27.8 Å². The second kappa shape index (κ2) is 4.00. The summed E-state index contributed by atoms with van der Waals surface area (Å²) in [7, 11) is 0. The van der Waals surface area contributed by atoms with E-state index in [2.05, 4.69) is 11.3 Å². The van der Waals surface area contributed by atoms with Gasteiger partial charge in [-0.15, -0.1) is 0 Å². The normalized spacial score (nSPS) is 16.7. The zero-order valence-electron chi connectivity index (χ0n) is 12.8. The van der Waals surface area contributed by atoms with Crippen LogP contribution in [0.2, 0.25) is 0 Å². The molecule has 0 heterocycles. The second-order valence-electron chi connectivity index (χ2n) is 2.20. The maximum absolute atomic E-state index is 13.3. The quantitative estimate of drug-likeness (QED) is 0.420. The lowest BCUT2D eigenvalue weighted by Crippen LogP contribution is -2.08. The first kappa shape index (κ1) is 4.68. The molecule has 4 heteroatoms. The van der Waals surface area contributed by atoms with Crippen LogP contribution in [0.5, 0.6) is 5.75 Å². The Morgan fingerprint density at radius 3 is 2.57 bits per heavy atom. The smallest absolute Gasteiger partial charge is 0.338 e. The number of hydrogen-bond acceptors (Lipinski definition) is 2. The molecule has 1 aromatic carbocycles. The van der Waals surface area contributed by atoms with Crippen molar-refractivity contribution in [2.75, 3.05) is 0 Å². The Bertz CT molecular complexity index is 567. The van der Waals surface area contributed by atoms with Gasteiger partial charge in [0.2, 0.25) is 0 Å². The third-order valence-corrected chi connectivity index (χ3v) is 1.11. The first-order valence-corrected chi connectivity index (χ1v) is 3.34. The van der Waals surface area contributed by atoms with Gasteiger partial charge in [-0.3, -0.25) is 0 Å². The van der Waals surface area contributed by atoms with Crippen LogP contribution in [-0.2, 0) is 4.79 Å². The maximum Gasteiger partial charge on any atom is 0.338 e. The fourth-order valence-electron chi connectivity index (χ4n) is 0.595. The van der Waals surface area contributed by atoms with Crippen LogP contribution in [0.3, 0.4) is 0 Å². The van der Waals surface area contributed by atoms with Crippen molar-refractivity contribution in [3.05, 3.63) is 41.9 Å². The minimum Gasteiger partial charge on any atom is -0.423 e. The van der Waals surface area contributed by atoms with Crippen molar-refractivity contribution in [1.29, 1.82) is 0 Å². The molecule has 1 aromatic rings. The number of hydrogen-bond donors (Lipinski definition) is 0. The summed E-state index contributed by atoms with van der Waals surface area (Å²) in [6.07, 6.45) is 0. The average Bonchev–Trinajstić information content (AvgIpc) is 2.36. The van der Waals surface area contributed by atoms with Crippen LogP contribution in [0.25, 0.3) is 0 Å². The molecule has 1 rings (SSSR count). The summed E-state index contributed by atoms with van der Waals surface area (Å²) in [5, 5.41) is 0. The molecule has 0 amide bonds. The monoisotopic (exact) mass is 204 g/mol. The highest BCUT2D eigenvalue weighted by Gasteiger charge is 2.07. The molecule has 0 aromatic heterocycles. The molecule has 0 spiro atoms. The molecule has 0 saturated heterocycles. The van der Waals surface area contributed by atoms with Gasteiger partial charge in [-0.05, 0) is 6.85 Å². The highest BCUT2D eigenvalue weighted by molar-refractivity contribution is 5.88. The minimum atomic E-state index is -2.88. The van der Waals surface area contributed by atoms with Gasteiger partial charge in [0.25, 0.3) is 0 Å². The molecule has 0 bridgehead atoms. The Morgan fingerprint density at radius 1 is 1.50 bits per heavy atom. The zero-order chi connectivity index (χ0) is 15.8. The van der Waals surface area contributed by atoms with Crippen molar-refractivity contribution < 1.29 is 26.5 Å². The number of halogens is 2. The predicted molar refractivity (Wildman–Crippen MR) is 46.8 cm³/mol. The molecule has 0 fully saturated rings. The van der Waals surface area contributed by atoms with Crippen LogP contribution < -0.4 is 4.74 Å². The second-order valence-corrected chi connectivity index (χ2v) is 2.20. The molecule has 0 saturated carbocycles. The van der Waals surface area contributed by atoms with E-state index in [0.717, 1.165) is 0 Å². The van der Waals surface area contributed by atoms with Gasteiger partial charge in [0.1, 0.15) is 17.4 Å². The summed E-state index contributed by atoms with van der Waals surface area (Å²) in [4.78, 5) is 11.4. The third kappa shape index (κ3) is 2.65. The average molecular weight is 204 g/mol. The molecule has 0 radical (unpaired) electrons. The number of ether oxygens (including phenoxy) is 1. The SMILES string of the molecule is [2H]c1c(F)c([2H])c(OC(=O)C(=C)C([2H])([2H])[2H])c([2H])c1F. The largest absolute Gasteiger partial charge is 0.423 e. The number of benzene rings is 1. The fraction of sp³-hybridized carbons (Fsp3) is 0.100. The molecular weight excluding hydrogens is 190 g/mol. The number of carbonyl (C=O) groups is 1. The lowest BCUT2D eigenvalue weighted by atomic mass is 10.3. The predicted octanol–water partition coefficient (Wildman–Crippen LogP) is 2.45. The van der Waals surface area contributed by atoms with Crippen LogP contribution in [-0.4, -0.2) is 5.97 Å². The summed E-state index contributed by atoms with van der Waals surface area (Å²) >= 11 is 0. The van der Waals surface area contributed by atoms with Crippen molar-refractivity contribution in [2.24, 2.45) is 0 Å². The van der Waals surface area contributed by atoms with Crippen LogP contribution in [0.1, 0.15) is 15.1 Å². The lowest BCUT2D eigenvalue weighted by Gasteiger charge is -2.03. The lowest BCUT2D eigenvalue weighted by molar-refractivity contribution is -0.130. The first-order valence-electron chi connectivity index (χ1n) is 6.34. The molecule has 0 aliphatic rings. The van der Waals surface area contributed by atoms with E-state index in [1.165, 1.54) is 0 Å². The third-order valence-electron chi connectivity index (χ3n) is 1.11. The summed E-state index contributed by atoms with van der Waals surface area (Å²) in [6, 6.07) is -3.68. The highest BCUT2D eigenvalue weighted by Crippen LogP contribution is 2.16. The van der Waals surface area contributed by atoms with E-state index in [4.69, 9.17) is 8.22 Å². The van der Waals surface area contributed by atoms with Crippen molar-refractivity contribution >= 4 is 5.97 Å². The van der Waals surface area contributed by atoms with Gasteiger partial charge in [-0.25, -0.2) is 13.6 Å². The Hall–Kier alpha value is -1.71. The van der Waals surface area contributed by atoms with E-state index in [1.807, 2.05) is 0 Å². The minimum absolute atomic E-state index is 0.966. The van der Waals surface area contributed by atoms with Gasteiger partial charge in [-0.1, -0.05) is 6.58 Å². The van der Waals surface area contributed by atoms with E-state index in [-0.39, 0.29) is 0 Å². The Morgan fingerprint density at radius 2 is 2.07 bits per heavy atom. The Kier molecular flexibility index (Phi) is 1.34. The molecular formula is C10H8F2O2. The molecule has 0 unspecified atom stereocenters. The molecule has 2 nitrogen and oxygen atoms in total. The van der Waals surface area contributed by atoms with Crippen molar-refractivity contribution in [1.82, 2.24) is 0 Å². The molecule has 0 atom stereocenters. The van der Waals surface area contributed by atoms with E-state index in [0.29, 0.717) is 0 Å².